The van der Waals surface area contributed by atoms with Crippen LogP contribution in [0.3, 0.4) is 0 Å². The van der Waals surface area contributed by atoms with E-state index in [-0.39, 0.29) is 0 Å². The highest BCUT2D eigenvalue weighted by atomic mass is 16.3. The van der Waals surface area contributed by atoms with Crippen molar-refractivity contribution in [1.82, 2.24) is 19.7 Å². The lowest BCUT2D eigenvalue weighted by Crippen LogP contribution is -2.07. The topological polar surface area (TPSA) is 66.7 Å². The summed E-state index contributed by atoms with van der Waals surface area (Å²) in [5.41, 5.74) is 2.66. The van der Waals surface area contributed by atoms with Crippen molar-refractivity contribution in [2.75, 3.05) is 0 Å². The first-order valence-electron chi connectivity index (χ1n) is 6.48. The number of hydrogen-bond donors (Lipinski definition) is 2. The summed E-state index contributed by atoms with van der Waals surface area (Å²) in [6.45, 7) is 0. The molecule has 0 bridgehead atoms. The van der Waals surface area contributed by atoms with Gasteiger partial charge in [0.2, 0.25) is 0 Å². The maximum absolute atomic E-state index is 10.4. The third-order valence-corrected chi connectivity index (χ3v) is 3.39. The van der Waals surface area contributed by atoms with Gasteiger partial charge in [-0.2, -0.15) is 5.10 Å². The van der Waals surface area contributed by atoms with Crippen LogP contribution in [0.2, 0.25) is 0 Å². The van der Waals surface area contributed by atoms with Gasteiger partial charge >= 0.3 is 0 Å². The predicted molar refractivity (Wildman–Crippen MR) is 75.9 cm³/mol. The zero-order valence-electron chi connectivity index (χ0n) is 11.2. The average molecular weight is 268 g/mol. The molecular formula is C15H16N4O. The Kier molecular flexibility index (Phi) is 3.35. The Morgan fingerprint density at radius 1 is 1.30 bits per heavy atom. The van der Waals surface area contributed by atoms with Crippen LogP contribution in [-0.4, -0.2) is 24.9 Å². The van der Waals surface area contributed by atoms with Gasteiger partial charge in [0.25, 0.3) is 0 Å². The van der Waals surface area contributed by atoms with Gasteiger partial charge < -0.3 is 9.67 Å². The number of H-pyrrole nitrogens is 1. The van der Waals surface area contributed by atoms with Gasteiger partial charge in [0.15, 0.2) is 0 Å². The number of imidazole rings is 1. The van der Waals surface area contributed by atoms with Gasteiger partial charge in [-0.25, -0.2) is 4.98 Å². The smallest absolute Gasteiger partial charge is 0.111 e. The summed E-state index contributed by atoms with van der Waals surface area (Å²) in [7, 11) is 1.92. The summed E-state index contributed by atoms with van der Waals surface area (Å²) >= 11 is 0. The Morgan fingerprint density at radius 3 is 2.80 bits per heavy atom. The third-order valence-electron chi connectivity index (χ3n) is 3.39. The van der Waals surface area contributed by atoms with Gasteiger partial charge in [-0.3, -0.25) is 5.10 Å². The molecule has 0 spiro atoms. The highest BCUT2D eigenvalue weighted by Gasteiger charge is 2.17. The lowest BCUT2D eigenvalue weighted by molar-refractivity contribution is 0.175. The summed E-state index contributed by atoms with van der Waals surface area (Å²) in [5.74, 6) is 0.845. The fourth-order valence-electron chi connectivity index (χ4n) is 2.26. The molecule has 2 aromatic heterocycles. The lowest BCUT2D eigenvalue weighted by atomic mass is 10.0. The molecule has 0 aliphatic heterocycles. The summed E-state index contributed by atoms with van der Waals surface area (Å²) in [5, 5.41) is 17.5. The van der Waals surface area contributed by atoms with E-state index in [4.69, 9.17) is 0 Å². The molecule has 3 rings (SSSR count). The molecule has 102 valence electrons. The number of aromatic nitrogens is 4. The van der Waals surface area contributed by atoms with Crippen molar-refractivity contribution < 1.29 is 5.11 Å². The van der Waals surface area contributed by atoms with E-state index in [1.165, 1.54) is 0 Å². The van der Waals surface area contributed by atoms with E-state index in [2.05, 4.69) is 15.2 Å². The highest BCUT2D eigenvalue weighted by Crippen LogP contribution is 2.27. The second-order valence-corrected chi connectivity index (χ2v) is 4.74. The van der Waals surface area contributed by atoms with Crippen molar-refractivity contribution >= 4 is 0 Å². The largest absolute Gasteiger partial charge is 0.388 e. The summed E-state index contributed by atoms with van der Waals surface area (Å²) in [6.07, 6.45) is 5.11. The Morgan fingerprint density at radius 2 is 2.10 bits per heavy atom. The number of aliphatic hydroxyl groups excluding tert-OH is 1. The van der Waals surface area contributed by atoms with Crippen LogP contribution in [0.15, 0.2) is 48.9 Å². The first-order chi connectivity index (χ1) is 9.75. The molecule has 3 aromatic rings. The van der Waals surface area contributed by atoms with Crippen molar-refractivity contribution in [1.29, 1.82) is 0 Å². The van der Waals surface area contributed by atoms with E-state index >= 15 is 0 Å². The molecule has 0 saturated heterocycles. The molecule has 0 radical (unpaired) electrons. The molecule has 1 unspecified atom stereocenters. The van der Waals surface area contributed by atoms with Crippen LogP contribution in [0, 0.1) is 0 Å². The fraction of sp³-hybridized carbons (Fsp3) is 0.200. The summed E-state index contributed by atoms with van der Waals surface area (Å²) < 4.78 is 1.91. The van der Waals surface area contributed by atoms with Crippen molar-refractivity contribution in [3.8, 4) is 11.3 Å². The quantitative estimate of drug-likeness (QED) is 0.761. The summed E-state index contributed by atoms with van der Waals surface area (Å²) in [6, 6.07) is 9.87. The Balaban J connectivity index is 1.88. The molecule has 20 heavy (non-hydrogen) atoms. The number of nitrogens with zero attached hydrogens (tertiary/aromatic N) is 3. The molecule has 5 nitrogen and oxygen atoms in total. The van der Waals surface area contributed by atoms with E-state index in [1.54, 1.807) is 12.4 Å². The number of hydrogen-bond acceptors (Lipinski definition) is 3. The van der Waals surface area contributed by atoms with Gasteiger partial charge in [-0.15, -0.1) is 0 Å². The minimum absolute atomic E-state index is 0.461. The van der Waals surface area contributed by atoms with Gasteiger partial charge in [-0.05, 0) is 5.56 Å². The van der Waals surface area contributed by atoms with Gasteiger partial charge in [0.05, 0.1) is 18.0 Å². The number of aryl methyl sites for hydroxylation is 1. The first-order valence-corrected chi connectivity index (χ1v) is 6.48. The minimum Gasteiger partial charge on any atom is -0.388 e. The van der Waals surface area contributed by atoms with Gasteiger partial charge in [0, 0.05) is 31.4 Å². The number of aliphatic hydroxyl groups is 1. The zero-order chi connectivity index (χ0) is 13.9. The number of aromatic amines is 1. The van der Waals surface area contributed by atoms with E-state index in [9.17, 15) is 5.11 Å². The monoisotopic (exact) mass is 268 g/mol. The standard InChI is InChI=1S/C15H16N4O/c1-19-8-7-16-14(19)9-13(20)12-10-17-18-15(12)11-5-3-2-4-6-11/h2-8,10,13,20H,9H2,1H3,(H,17,18). The molecule has 1 atom stereocenters. The summed E-state index contributed by atoms with van der Waals surface area (Å²) in [4.78, 5) is 4.24. The Bertz CT molecular complexity index is 687. The molecule has 0 aliphatic rings. The first kappa shape index (κ1) is 12.6. The third kappa shape index (κ3) is 2.35. The van der Waals surface area contributed by atoms with Crippen molar-refractivity contribution in [3.63, 3.8) is 0 Å². The van der Waals surface area contributed by atoms with Crippen molar-refractivity contribution in [2.45, 2.75) is 12.5 Å². The molecule has 0 saturated carbocycles. The molecule has 0 aliphatic carbocycles. The predicted octanol–water partition coefficient (Wildman–Crippen LogP) is 2.09. The number of rotatable bonds is 4. The highest BCUT2D eigenvalue weighted by molar-refractivity contribution is 5.62. The van der Waals surface area contributed by atoms with Crippen LogP contribution < -0.4 is 0 Å². The molecule has 0 fully saturated rings. The minimum atomic E-state index is -0.634. The van der Waals surface area contributed by atoms with Crippen LogP contribution in [-0.2, 0) is 13.5 Å². The van der Waals surface area contributed by atoms with E-state index in [0.29, 0.717) is 6.42 Å². The normalized spacial score (nSPS) is 12.5. The average Bonchev–Trinajstić information content (AvgIpc) is 3.09. The van der Waals surface area contributed by atoms with Gasteiger partial charge in [0.1, 0.15) is 5.82 Å². The maximum Gasteiger partial charge on any atom is 0.111 e. The maximum atomic E-state index is 10.4. The van der Waals surface area contributed by atoms with Crippen LogP contribution in [0.5, 0.6) is 0 Å². The molecular weight excluding hydrogens is 252 g/mol. The molecule has 2 heterocycles. The second kappa shape index (κ2) is 5.30. The Hall–Kier alpha value is -2.40. The molecule has 5 heteroatoms. The van der Waals surface area contributed by atoms with E-state index < -0.39 is 6.10 Å². The number of benzene rings is 1. The molecule has 0 amide bonds. The van der Waals surface area contributed by atoms with Crippen LogP contribution in [0.4, 0.5) is 0 Å². The van der Waals surface area contributed by atoms with Crippen LogP contribution in [0.25, 0.3) is 11.3 Å². The second-order valence-electron chi connectivity index (χ2n) is 4.74. The molecule has 2 N–H and O–H groups in total. The van der Waals surface area contributed by atoms with Crippen LogP contribution in [0.1, 0.15) is 17.5 Å². The van der Waals surface area contributed by atoms with Crippen molar-refractivity contribution in [2.24, 2.45) is 7.05 Å². The fourth-order valence-corrected chi connectivity index (χ4v) is 2.26. The Labute approximate surface area is 116 Å². The van der Waals surface area contributed by atoms with E-state index in [1.807, 2.05) is 48.1 Å². The van der Waals surface area contributed by atoms with Crippen molar-refractivity contribution in [3.05, 3.63) is 60.3 Å². The van der Waals surface area contributed by atoms with Crippen LogP contribution >= 0.6 is 0 Å². The number of nitrogens with one attached hydrogen (secondary N) is 1. The molecule has 1 aromatic carbocycles. The lowest BCUT2D eigenvalue weighted by Gasteiger charge is -2.11. The van der Waals surface area contributed by atoms with E-state index in [0.717, 1.165) is 22.6 Å². The SMILES string of the molecule is Cn1ccnc1CC(O)c1cn[nH]c1-c1ccccc1. The zero-order valence-corrected chi connectivity index (χ0v) is 11.2. The van der Waals surface area contributed by atoms with Gasteiger partial charge in [-0.1, -0.05) is 30.3 Å².